The Morgan fingerprint density at radius 1 is 1.04 bits per heavy atom. The predicted octanol–water partition coefficient (Wildman–Crippen LogP) is 2.50. The molecule has 1 aliphatic heterocycles. The molecule has 1 amide bonds. The second-order valence-electron chi connectivity index (χ2n) is 7.67. The van der Waals surface area contributed by atoms with Gasteiger partial charge >= 0.3 is 5.97 Å². The van der Waals surface area contributed by atoms with E-state index in [0.29, 0.717) is 18.0 Å². The van der Waals surface area contributed by atoms with E-state index in [1.54, 1.807) is 0 Å². The third kappa shape index (κ3) is 3.54. The minimum Gasteiger partial charge on any atom is -0.480 e. The molecule has 2 aliphatic carbocycles. The Bertz CT molecular complexity index is 448. The molecule has 0 bridgehead atoms. The van der Waals surface area contributed by atoms with E-state index in [-0.39, 0.29) is 12.5 Å². The van der Waals surface area contributed by atoms with Crippen LogP contribution in [-0.4, -0.2) is 58.5 Å². The zero-order valence-electron chi connectivity index (χ0n) is 14.2. The van der Waals surface area contributed by atoms with Gasteiger partial charge < -0.3 is 10.0 Å². The number of aliphatic carboxylic acids is 1. The number of likely N-dealkylation sites (tertiary alicyclic amines) is 1. The number of nitrogens with zero attached hydrogens (tertiary/aromatic N) is 2. The fourth-order valence-corrected chi connectivity index (χ4v) is 4.96. The smallest absolute Gasteiger partial charge is 0.320 e. The Balaban J connectivity index is 1.65. The maximum Gasteiger partial charge on any atom is 0.320 e. The van der Waals surface area contributed by atoms with Crippen LogP contribution in [0.25, 0.3) is 0 Å². The molecule has 3 unspecified atom stereocenters. The van der Waals surface area contributed by atoms with Gasteiger partial charge in [0.05, 0.1) is 6.54 Å². The normalized spacial score (nSPS) is 32.5. The van der Waals surface area contributed by atoms with Gasteiger partial charge in [-0.15, -0.1) is 0 Å². The standard InChI is InChI=1S/C18H30N2O3/c1-19(14-8-3-2-4-9-14)17(21)12-20-15-10-6-5-7-13(15)11-16(20)18(22)23/h13-16H,2-12H2,1H3,(H,22,23). The lowest BCUT2D eigenvalue weighted by molar-refractivity contribution is -0.144. The lowest BCUT2D eigenvalue weighted by atomic mass is 9.85. The highest BCUT2D eigenvalue weighted by atomic mass is 16.4. The maximum absolute atomic E-state index is 12.7. The third-order valence-electron chi connectivity index (χ3n) is 6.34. The quantitative estimate of drug-likeness (QED) is 0.864. The molecule has 2 saturated carbocycles. The minimum atomic E-state index is -0.757. The van der Waals surface area contributed by atoms with Crippen molar-refractivity contribution in [1.82, 2.24) is 9.80 Å². The monoisotopic (exact) mass is 322 g/mol. The van der Waals surface area contributed by atoms with Crippen LogP contribution in [0, 0.1) is 5.92 Å². The molecule has 5 nitrogen and oxygen atoms in total. The van der Waals surface area contributed by atoms with Gasteiger partial charge in [-0.1, -0.05) is 32.1 Å². The van der Waals surface area contributed by atoms with Gasteiger partial charge in [0, 0.05) is 19.1 Å². The first-order valence-electron chi connectivity index (χ1n) is 9.32. The molecule has 0 aromatic carbocycles. The first kappa shape index (κ1) is 16.7. The van der Waals surface area contributed by atoms with Gasteiger partial charge in [-0.3, -0.25) is 14.5 Å². The van der Waals surface area contributed by atoms with Crippen molar-refractivity contribution in [3.8, 4) is 0 Å². The molecule has 3 rings (SSSR count). The van der Waals surface area contributed by atoms with Gasteiger partial charge in [0.2, 0.25) is 5.91 Å². The lowest BCUT2D eigenvalue weighted by Crippen LogP contribution is -2.50. The van der Waals surface area contributed by atoms with E-state index in [1.807, 2.05) is 16.8 Å². The van der Waals surface area contributed by atoms with Crippen LogP contribution in [0.5, 0.6) is 0 Å². The van der Waals surface area contributed by atoms with Crippen LogP contribution in [-0.2, 0) is 9.59 Å². The summed E-state index contributed by atoms with van der Waals surface area (Å²) in [5.74, 6) is -0.181. The van der Waals surface area contributed by atoms with E-state index in [1.165, 1.54) is 25.7 Å². The molecule has 0 radical (unpaired) electrons. The molecule has 1 saturated heterocycles. The summed E-state index contributed by atoms with van der Waals surface area (Å²) in [6.45, 7) is 0.283. The lowest BCUT2D eigenvalue weighted by Gasteiger charge is -2.36. The maximum atomic E-state index is 12.7. The predicted molar refractivity (Wildman–Crippen MR) is 88.1 cm³/mol. The molecule has 0 spiro atoms. The Kier molecular flexibility index (Phi) is 5.24. The van der Waals surface area contributed by atoms with E-state index < -0.39 is 12.0 Å². The average Bonchev–Trinajstić information content (AvgIpc) is 2.94. The number of likely N-dealkylation sites (N-methyl/N-ethyl adjacent to an activating group) is 1. The first-order valence-corrected chi connectivity index (χ1v) is 9.32. The Labute approximate surface area is 139 Å². The fraction of sp³-hybridized carbons (Fsp3) is 0.889. The molecule has 1 heterocycles. The van der Waals surface area contributed by atoms with Gasteiger partial charge in [-0.25, -0.2) is 0 Å². The Morgan fingerprint density at radius 2 is 1.70 bits per heavy atom. The highest BCUT2D eigenvalue weighted by Gasteiger charge is 2.46. The highest BCUT2D eigenvalue weighted by Crippen LogP contribution is 2.39. The number of hydrogen-bond donors (Lipinski definition) is 1. The van der Waals surface area contributed by atoms with E-state index in [4.69, 9.17) is 0 Å². The van der Waals surface area contributed by atoms with Crippen molar-refractivity contribution in [3.63, 3.8) is 0 Å². The van der Waals surface area contributed by atoms with E-state index in [0.717, 1.165) is 38.5 Å². The van der Waals surface area contributed by atoms with E-state index >= 15 is 0 Å². The molecule has 3 fully saturated rings. The summed E-state index contributed by atoms with van der Waals surface area (Å²) in [5, 5.41) is 9.56. The third-order valence-corrected chi connectivity index (χ3v) is 6.34. The number of carboxylic acid groups (broad SMARTS) is 1. The van der Waals surface area contributed by atoms with Crippen LogP contribution in [0.2, 0.25) is 0 Å². The summed E-state index contributed by atoms with van der Waals surface area (Å²) < 4.78 is 0. The van der Waals surface area contributed by atoms with Crippen molar-refractivity contribution in [1.29, 1.82) is 0 Å². The number of amides is 1. The van der Waals surface area contributed by atoms with Gasteiger partial charge in [0.1, 0.15) is 6.04 Å². The summed E-state index contributed by atoms with van der Waals surface area (Å²) in [7, 11) is 1.91. The van der Waals surface area contributed by atoms with Crippen LogP contribution >= 0.6 is 0 Å². The average molecular weight is 322 g/mol. The molecule has 0 aromatic rings. The van der Waals surface area contributed by atoms with Crippen molar-refractivity contribution in [2.45, 2.75) is 82.3 Å². The minimum absolute atomic E-state index is 0.106. The number of hydrogen-bond acceptors (Lipinski definition) is 3. The molecule has 3 aliphatic rings. The molecule has 1 N–H and O–H groups in total. The molecule has 3 atom stereocenters. The molecular formula is C18H30N2O3. The van der Waals surface area contributed by atoms with Crippen molar-refractivity contribution >= 4 is 11.9 Å². The van der Waals surface area contributed by atoms with Gasteiger partial charge in [-0.2, -0.15) is 0 Å². The number of carbonyl (C=O) groups is 2. The Morgan fingerprint density at radius 3 is 2.39 bits per heavy atom. The zero-order valence-corrected chi connectivity index (χ0v) is 14.2. The fourth-order valence-electron chi connectivity index (χ4n) is 4.96. The van der Waals surface area contributed by atoms with Crippen molar-refractivity contribution in [2.75, 3.05) is 13.6 Å². The number of carboxylic acids is 1. The van der Waals surface area contributed by atoms with Crippen LogP contribution in [0.3, 0.4) is 0 Å². The number of rotatable bonds is 4. The zero-order chi connectivity index (χ0) is 16.4. The van der Waals surface area contributed by atoms with Crippen molar-refractivity contribution < 1.29 is 14.7 Å². The molecular weight excluding hydrogens is 292 g/mol. The Hall–Kier alpha value is -1.10. The van der Waals surface area contributed by atoms with Crippen LogP contribution in [0.15, 0.2) is 0 Å². The van der Waals surface area contributed by atoms with Crippen molar-refractivity contribution in [2.24, 2.45) is 5.92 Å². The van der Waals surface area contributed by atoms with Gasteiger partial charge in [0.15, 0.2) is 0 Å². The molecule has 23 heavy (non-hydrogen) atoms. The SMILES string of the molecule is CN(C(=O)CN1C(C(=O)O)CC2CCCCC21)C1CCCCC1. The van der Waals surface area contributed by atoms with Crippen LogP contribution in [0.1, 0.15) is 64.2 Å². The second-order valence-corrected chi connectivity index (χ2v) is 7.67. The van der Waals surface area contributed by atoms with Gasteiger partial charge in [-0.05, 0) is 38.0 Å². The molecule has 0 aromatic heterocycles. The first-order chi connectivity index (χ1) is 11.1. The van der Waals surface area contributed by atoms with Crippen LogP contribution < -0.4 is 0 Å². The topological polar surface area (TPSA) is 60.9 Å². The largest absolute Gasteiger partial charge is 0.480 e. The van der Waals surface area contributed by atoms with Crippen LogP contribution in [0.4, 0.5) is 0 Å². The highest BCUT2D eigenvalue weighted by molar-refractivity contribution is 5.80. The summed E-state index contributed by atoms with van der Waals surface area (Å²) in [6.07, 6.45) is 11.1. The van der Waals surface area contributed by atoms with E-state index in [9.17, 15) is 14.7 Å². The summed E-state index contributed by atoms with van der Waals surface area (Å²) in [4.78, 5) is 28.3. The van der Waals surface area contributed by atoms with Crippen molar-refractivity contribution in [3.05, 3.63) is 0 Å². The number of fused-ring (bicyclic) bond motifs is 1. The van der Waals surface area contributed by atoms with E-state index in [2.05, 4.69) is 0 Å². The summed E-state index contributed by atoms with van der Waals surface area (Å²) in [6, 6.07) is 0.185. The number of carbonyl (C=O) groups excluding carboxylic acids is 1. The molecule has 5 heteroatoms. The second kappa shape index (κ2) is 7.20. The summed E-state index contributed by atoms with van der Waals surface area (Å²) in [5.41, 5.74) is 0. The van der Waals surface area contributed by atoms with Gasteiger partial charge in [0.25, 0.3) is 0 Å². The summed E-state index contributed by atoms with van der Waals surface area (Å²) >= 11 is 0. The molecule has 130 valence electrons.